The fourth-order valence-electron chi connectivity index (χ4n) is 2.15. The van der Waals surface area contributed by atoms with Crippen molar-refractivity contribution in [1.29, 1.82) is 5.26 Å². The Labute approximate surface area is 125 Å². The van der Waals surface area contributed by atoms with Crippen LogP contribution in [-0.2, 0) is 0 Å². The van der Waals surface area contributed by atoms with E-state index in [4.69, 9.17) is 4.74 Å². The third-order valence-electron chi connectivity index (χ3n) is 3.48. The molecule has 0 spiro atoms. The largest absolute Gasteiger partial charge is 0.493 e. The summed E-state index contributed by atoms with van der Waals surface area (Å²) >= 11 is 0. The van der Waals surface area contributed by atoms with Crippen LogP contribution in [0.3, 0.4) is 0 Å². The van der Waals surface area contributed by atoms with Gasteiger partial charge in [-0.3, -0.25) is 10.3 Å². The summed E-state index contributed by atoms with van der Waals surface area (Å²) in [6, 6.07) is 12.1. The number of benzene rings is 1. The van der Waals surface area contributed by atoms with E-state index in [0.717, 1.165) is 29.6 Å². The predicted molar refractivity (Wildman–Crippen MR) is 84.2 cm³/mol. The number of pyridine rings is 1. The van der Waals surface area contributed by atoms with E-state index in [2.05, 4.69) is 23.3 Å². The first kappa shape index (κ1) is 15.3. The van der Waals surface area contributed by atoms with Gasteiger partial charge in [0.2, 0.25) is 0 Å². The molecule has 0 aliphatic carbocycles. The van der Waals surface area contributed by atoms with Crippen LogP contribution < -0.4 is 10.1 Å². The third kappa shape index (κ3) is 3.93. The van der Waals surface area contributed by atoms with Crippen molar-refractivity contribution in [2.75, 3.05) is 13.2 Å². The van der Waals surface area contributed by atoms with Crippen LogP contribution in [0.15, 0.2) is 36.5 Å². The van der Waals surface area contributed by atoms with Crippen molar-refractivity contribution in [3.63, 3.8) is 0 Å². The highest BCUT2D eigenvalue weighted by molar-refractivity contribution is 5.84. The predicted octanol–water partition coefficient (Wildman–Crippen LogP) is 3.29. The zero-order valence-electron chi connectivity index (χ0n) is 12.6. The van der Waals surface area contributed by atoms with Gasteiger partial charge in [0.05, 0.1) is 18.2 Å². The van der Waals surface area contributed by atoms with Crippen LogP contribution in [0.2, 0.25) is 0 Å². The lowest BCUT2D eigenvalue weighted by atomic mass is 10.0. The SMILES string of the molecule is CCCNC(C)(C#N)CCOc1cccc2ncccc12. The van der Waals surface area contributed by atoms with Gasteiger partial charge in [0.15, 0.2) is 0 Å². The van der Waals surface area contributed by atoms with Gasteiger partial charge in [-0.1, -0.05) is 13.0 Å². The summed E-state index contributed by atoms with van der Waals surface area (Å²) in [6.45, 7) is 5.33. The maximum atomic E-state index is 9.30. The van der Waals surface area contributed by atoms with Crippen molar-refractivity contribution in [2.45, 2.75) is 32.2 Å². The summed E-state index contributed by atoms with van der Waals surface area (Å²) in [5.41, 5.74) is 0.376. The number of nitrogens with one attached hydrogen (secondary N) is 1. The molecule has 0 aliphatic heterocycles. The van der Waals surface area contributed by atoms with E-state index in [-0.39, 0.29) is 0 Å². The Kier molecular flexibility index (Phi) is 5.13. The first-order valence-electron chi connectivity index (χ1n) is 7.31. The summed E-state index contributed by atoms with van der Waals surface area (Å²) in [4.78, 5) is 4.31. The number of nitriles is 1. The topological polar surface area (TPSA) is 57.9 Å². The Bertz CT molecular complexity index is 630. The first-order chi connectivity index (χ1) is 10.2. The van der Waals surface area contributed by atoms with Gasteiger partial charge in [-0.15, -0.1) is 0 Å². The minimum absolute atomic E-state index is 0.495. The van der Waals surface area contributed by atoms with Crippen molar-refractivity contribution in [3.8, 4) is 11.8 Å². The minimum Gasteiger partial charge on any atom is -0.493 e. The number of fused-ring (bicyclic) bond motifs is 1. The van der Waals surface area contributed by atoms with Crippen LogP contribution in [0.4, 0.5) is 0 Å². The van der Waals surface area contributed by atoms with Crippen molar-refractivity contribution in [3.05, 3.63) is 36.5 Å². The molecule has 21 heavy (non-hydrogen) atoms. The van der Waals surface area contributed by atoms with E-state index in [1.165, 1.54) is 0 Å². The van der Waals surface area contributed by atoms with Crippen LogP contribution in [0.5, 0.6) is 5.75 Å². The summed E-state index contributed by atoms with van der Waals surface area (Å²) in [5, 5.41) is 13.6. The Morgan fingerprint density at radius 3 is 2.95 bits per heavy atom. The van der Waals surface area contributed by atoms with Gasteiger partial charge in [0.1, 0.15) is 11.3 Å². The zero-order chi connectivity index (χ0) is 15.1. The molecule has 110 valence electrons. The second kappa shape index (κ2) is 7.05. The van der Waals surface area contributed by atoms with Crippen LogP contribution in [0.25, 0.3) is 10.9 Å². The van der Waals surface area contributed by atoms with Gasteiger partial charge in [-0.2, -0.15) is 5.26 Å². The standard InChI is InChI=1S/C17H21N3O/c1-3-10-20-17(2,13-18)9-12-21-16-8-4-7-15-14(16)6-5-11-19-15/h4-8,11,20H,3,9-10,12H2,1-2H3. The summed E-state index contributed by atoms with van der Waals surface area (Å²) in [5.74, 6) is 0.816. The quantitative estimate of drug-likeness (QED) is 0.847. The van der Waals surface area contributed by atoms with E-state index in [1.807, 2.05) is 37.3 Å². The number of ether oxygens (including phenoxy) is 1. The van der Waals surface area contributed by atoms with E-state index < -0.39 is 5.54 Å². The number of hydrogen-bond acceptors (Lipinski definition) is 4. The van der Waals surface area contributed by atoms with Gasteiger partial charge >= 0.3 is 0 Å². The molecule has 0 bridgehead atoms. The van der Waals surface area contributed by atoms with Crippen molar-refractivity contribution in [1.82, 2.24) is 10.3 Å². The van der Waals surface area contributed by atoms with E-state index in [9.17, 15) is 5.26 Å². The van der Waals surface area contributed by atoms with Gasteiger partial charge in [-0.05, 0) is 44.2 Å². The fourth-order valence-corrected chi connectivity index (χ4v) is 2.15. The zero-order valence-corrected chi connectivity index (χ0v) is 12.6. The Morgan fingerprint density at radius 2 is 2.19 bits per heavy atom. The number of aromatic nitrogens is 1. The van der Waals surface area contributed by atoms with Gasteiger partial charge in [0, 0.05) is 18.0 Å². The Hall–Kier alpha value is -2.12. The van der Waals surface area contributed by atoms with Gasteiger partial charge in [0.25, 0.3) is 0 Å². The van der Waals surface area contributed by atoms with E-state index in [0.29, 0.717) is 13.0 Å². The summed E-state index contributed by atoms with van der Waals surface area (Å²) in [6.07, 6.45) is 3.42. The molecule has 2 aromatic rings. The van der Waals surface area contributed by atoms with E-state index in [1.54, 1.807) is 6.20 Å². The molecule has 0 radical (unpaired) electrons. The van der Waals surface area contributed by atoms with Crippen LogP contribution in [-0.4, -0.2) is 23.7 Å². The smallest absolute Gasteiger partial charge is 0.128 e. The average Bonchev–Trinajstić information content (AvgIpc) is 2.53. The molecule has 0 amide bonds. The molecular formula is C17H21N3O. The van der Waals surface area contributed by atoms with Crippen LogP contribution in [0.1, 0.15) is 26.7 Å². The molecule has 0 aliphatic rings. The second-order valence-corrected chi connectivity index (χ2v) is 5.30. The summed E-state index contributed by atoms with van der Waals surface area (Å²) in [7, 11) is 0. The Balaban J connectivity index is 2.00. The van der Waals surface area contributed by atoms with Crippen LogP contribution in [0, 0.1) is 11.3 Å². The molecule has 0 fully saturated rings. The molecule has 0 saturated carbocycles. The highest BCUT2D eigenvalue weighted by Gasteiger charge is 2.22. The molecule has 1 aromatic carbocycles. The van der Waals surface area contributed by atoms with Gasteiger partial charge < -0.3 is 4.74 Å². The van der Waals surface area contributed by atoms with E-state index >= 15 is 0 Å². The lowest BCUT2D eigenvalue weighted by molar-refractivity contribution is 0.269. The molecule has 1 N–H and O–H groups in total. The molecule has 2 rings (SSSR count). The molecule has 4 heteroatoms. The minimum atomic E-state index is -0.543. The summed E-state index contributed by atoms with van der Waals surface area (Å²) < 4.78 is 5.87. The molecule has 4 nitrogen and oxygen atoms in total. The molecule has 1 aromatic heterocycles. The van der Waals surface area contributed by atoms with Crippen LogP contribution >= 0.6 is 0 Å². The van der Waals surface area contributed by atoms with Crippen molar-refractivity contribution >= 4 is 10.9 Å². The third-order valence-corrected chi connectivity index (χ3v) is 3.48. The number of hydrogen-bond donors (Lipinski definition) is 1. The first-order valence-corrected chi connectivity index (χ1v) is 7.31. The maximum absolute atomic E-state index is 9.30. The number of nitrogens with zero attached hydrogens (tertiary/aromatic N) is 2. The lowest BCUT2D eigenvalue weighted by Crippen LogP contribution is -2.42. The molecule has 1 atom stereocenters. The lowest BCUT2D eigenvalue weighted by Gasteiger charge is -2.23. The molecule has 0 saturated heterocycles. The molecule has 1 heterocycles. The van der Waals surface area contributed by atoms with Crippen molar-refractivity contribution in [2.24, 2.45) is 0 Å². The molecular weight excluding hydrogens is 262 g/mol. The Morgan fingerprint density at radius 1 is 1.33 bits per heavy atom. The second-order valence-electron chi connectivity index (χ2n) is 5.30. The van der Waals surface area contributed by atoms with Gasteiger partial charge in [-0.25, -0.2) is 0 Å². The average molecular weight is 283 g/mol. The number of rotatable bonds is 7. The normalized spacial score (nSPS) is 13.6. The highest BCUT2D eigenvalue weighted by Crippen LogP contribution is 2.24. The maximum Gasteiger partial charge on any atom is 0.128 e. The molecule has 1 unspecified atom stereocenters. The highest BCUT2D eigenvalue weighted by atomic mass is 16.5. The van der Waals surface area contributed by atoms with Crippen molar-refractivity contribution < 1.29 is 4.74 Å². The monoisotopic (exact) mass is 283 g/mol. The fraction of sp³-hybridized carbons (Fsp3) is 0.412.